The molecule has 4 heteroatoms. The molecule has 2 aromatic heterocycles. The summed E-state index contributed by atoms with van der Waals surface area (Å²) in [6.45, 7) is 5.67. The molecule has 98 valence electrons. The van der Waals surface area contributed by atoms with Crippen LogP contribution in [0.15, 0.2) is 24.5 Å². The zero-order valence-electron chi connectivity index (χ0n) is 11.1. The van der Waals surface area contributed by atoms with Crippen molar-refractivity contribution < 1.29 is 5.11 Å². The summed E-state index contributed by atoms with van der Waals surface area (Å²) in [6.07, 6.45) is 5.37. The van der Waals surface area contributed by atoms with Gasteiger partial charge in [0, 0.05) is 12.7 Å². The van der Waals surface area contributed by atoms with Crippen LogP contribution in [-0.2, 0) is 6.54 Å². The maximum Gasteiger partial charge on any atom is 0.137 e. The summed E-state index contributed by atoms with van der Waals surface area (Å²) in [5, 5.41) is 12.8. The van der Waals surface area contributed by atoms with Crippen LogP contribution in [0.2, 0.25) is 0 Å². The molecule has 0 saturated carbocycles. The van der Waals surface area contributed by atoms with Gasteiger partial charge in [0.05, 0.1) is 18.0 Å². The van der Waals surface area contributed by atoms with Gasteiger partial charge < -0.3 is 14.8 Å². The monoisotopic (exact) mass is 247 g/mol. The topological polar surface area (TPSA) is 49.6 Å². The number of nitrogens with zero attached hydrogens (tertiary/aromatic N) is 2. The minimum atomic E-state index is -0.192. The Bertz CT molecular complexity index is 507. The van der Waals surface area contributed by atoms with Gasteiger partial charge in [-0.2, -0.15) is 0 Å². The minimum Gasteiger partial charge on any atom is -0.393 e. The van der Waals surface area contributed by atoms with Gasteiger partial charge in [0.1, 0.15) is 5.65 Å². The van der Waals surface area contributed by atoms with Crippen LogP contribution in [0.3, 0.4) is 0 Å². The number of fused-ring (bicyclic) bond motifs is 1. The molecule has 2 rings (SSSR count). The van der Waals surface area contributed by atoms with Gasteiger partial charge in [0.2, 0.25) is 0 Å². The van der Waals surface area contributed by atoms with E-state index in [0.717, 1.165) is 37.3 Å². The number of hydrogen-bond acceptors (Lipinski definition) is 3. The highest BCUT2D eigenvalue weighted by Crippen LogP contribution is 2.08. The molecule has 2 heterocycles. The molecule has 0 aliphatic carbocycles. The first-order valence-corrected chi connectivity index (χ1v) is 6.52. The Hall–Kier alpha value is -1.39. The van der Waals surface area contributed by atoms with Crippen molar-refractivity contribution in [3.8, 4) is 0 Å². The average molecular weight is 247 g/mol. The lowest BCUT2D eigenvalue weighted by Gasteiger charge is -2.08. The lowest BCUT2D eigenvalue weighted by molar-refractivity contribution is 0.159. The van der Waals surface area contributed by atoms with Gasteiger partial charge in [0.15, 0.2) is 0 Å². The Morgan fingerprint density at radius 3 is 3.11 bits per heavy atom. The number of nitrogens with one attached hydrogen (secondary N) is 1. The fraction of sp³-hybridized carbons (Fsp3) is 0.500. The Kier molecular flexibility index (Phi) is 4.33. The molecule has 1 unspecified atom stereocenters. The van der Waals surface area contributed by atoms with Crippen molar-refractivity contribution in [2.45, 2.75) is 39.3 Å². The number of hydrogen-bond donors (Lipinski definition) is 2. The Balaban J connectivity index is 1.92. The molecule has 0 aromatic carbocycles. The van der Waals surface area contributed by atoms with E-state index in [0.29, 0.717) is 0 Å². The smallest absolute Gasteiger partial charge is 0.137 e. The second-order valence-electron chi connectivity index (χ2n) is 4.71. The highest BCUT2D eigenvalue weighted by Gasteiger charge is 2.03. The third-order valence-corrected chi connectivity index (χ3v) is 3.18. The standard InChI is InChI=1S/C14H21N3O/c1-3-13(18)4-6-15-9-12-10-16-14-8-11(2)5-7-17(12)14/h5,7-8,10,13,15,18H,3-4,6,9H2,1-2H3. The molecule has 0 amide bonds. The summed E-state index contributed by atoms with van der Waals surface area (Å²) in [5.41, 5.74) is 3.36. The average Bonchev–Trinajstić information content (AvgIpc) is 2.76. The van der Waals surface area contributed by atoms with E-state index >= 15 is 0 Å². The summed E-state index contributed by atoms with van der Waals surface area (Å²) in [5.74, 6) is 0. The highest BCUT2D eigenvalue weighted by atomic mass is 16.3. The zero-order valence-corrected chi connectivity index (χ0v) is 11.1. The molecule has 0 spiro atoms. The zero-order chi connectivity index (χ0) is 13.0. The molecule has 0 aliphatic rings. The first-order chi connectivity index (χ1) is 8.70. The predicted octanol–water partition coefficient (Wildman–Crippen LogP) is 1.89. The van der Waals surface area contributed by atoms with Crippen LogP contribution in [0.4, 0.5) is 0 Å². The summed E-state index contributed by atoms with van der Waals surface area (Å²) >= 11 is 0. The Morgan fingerprint density at radius 1 is 1.50 bits per heavy atom. The van der Waals surface area contributed by atoms with E-state index in [1.807, 2.05) is 13.1 Å². The van der Waals surface area contributed by atoms with E-state index < -0.39 is 0 Å². The lowest BCUT2D eigenvalue weighted by atomic mass is 10.2. The number of aliphatic hydroxyl groups excluding tert-OH is 1. The summed E-state index contributed by atoms with van der Waals surface area (Å²) in [6, 6.07) is 4.16. The van der Waals surface area contributed by atoms with E-state index in [9.17, 15) is 5.11 Å². The van der Waals surface area contributed by atoms with Gasteiger partial charge in [0.25, 0.3) is 0 Å². The largest absolute Gasteiger partial charge is 0.393 e. The Labute approximate surface area is 108 Å². The van der Waals surface area contributed by atoms with Crippen molar-refractivity contribution in [1.82, 2.24) is 14.7 Å². The molecule has 0 saturated heterocycles. The van der Waals surface area contributed by atoms with Crippen LogP contribution < -0.4 is 5.32 Å². The van der Waals surface area contributed by atoms with E-state index in [-0.39, 0.29) is 6.10 Å². The maximum absolute atomic E-state index is 9.46. The van der Waals surface area contributed by atoms with Crippen LogP contribution >= 0.6 is 0 Å². The molecule has 1 atom stereocenters. The first kappa shape index (κ1) is 13.1. The highest BCUT2D eigenvalue weighted by molar-refractivity contribution is 5.42. The Morgan fingerprint density at radius 2 is 2.33 bits per heavy atom. The van der Waals surface area contributed by atoms with E-state index in [4.69, 9.17) is 0 Å². The maximum atomic E-state index is 9.46. The van der Waals surface area contributed by atoms with E-state index in [1.54, 1.807) is 0 Å². The van der Waals surface area contributed by atoms with Gasteiger partial charge in [-0.25, -0.2) is 4.98 Å². The fourth-order valence-corrected chi connectivity index (χ4v) is 1.96. The molecule has 18 heavy (non-hydrogen) atoms. The second-order valence-corrected chi connectivity index (χ2v) is 4.71. The van der Waals surface area contributed by atoms with Crippen LogP contribution in [-0.4, -0.2) is 27.1 Å². The third-order valence-electron chi connectivity index (χ3n) is 3.18. The number of aromatic nitrogens is 2. The molecule has 4 nitrogen and oxygen atoms in total. The number of imidazole rings is 1. The van der Waals surface area contributed by atoms with Gasteiger partial charge in [-0.1, -0.05) is 6.92 Å². The van der Waals surface area contributed by atoms with Crippen molar-refractivity contribution >= 4 is 5.65 Å². The van der Waals surface area contributed by atoms with Gasteiger partial charge in [-0.05, 0) is 44.0 Å². The van der Waals surface area contributed by atoms with Crippen molar-refractivity contribution in [1.29, 1.82) is 0 Å². The molecular weight excluding hydrogens is 226 g/mol. The normalized spacial score (nSPS) is 13.1. The SMILES string of the molecule is CCC(O)CCNCc1cnc2cc(C)ccn12. The molecule has 0 radical (unpaired) electrons. The molecule has 2 aromatic rings. The number of aliphatic hydroxyl groups is 1. The third kappa shape index (κ3) is 3.09. The van der Waals surface area contributed by atoms with Gasteiger partial charge in [-0.3, -0.25) is 0 Å². The summed E-state index contributed by atoms with van der Waals surface area (Å²) < 4.78 is 2.09. The van der Waals surface area contributed by atoms with Gasteiger partial charge >= 0.3 is 0 Å². The molecule has 2 N–H and O–H groups in total. The first-order valence-electron chi connectivity index (χ1n) is 6.52. The van der Waals surface area contributed by atoms with Crippen LogP contribution in [0.1, 0.15) is 31.0 Å². The van der Waals surface area contributed by atoms with Crippen molar-refractivity contribution in [2.24, 2.45) is 0 Å². The predicted molar refractivity (Wildman–Crippen MR) is 72.6 cm³/mol. The summed E-state index contributed by atoms with van der Waals surface area (Å²) in [4.78, 5) is 4.38. The fourth-order valence-electron chi connectivity index (χ4n) is 1.96. The van der Waals surface area contributed by atoms with Crippen LogP contribution in [0.5, 0.6) is 0 Å². The number of rotatable bonds is 6. The number of aryl methyl sites for hydroxylation is 1. The minimum absolute atomic E-state index is 0.192. The molecule has 0 bridgehead atoms. The quantitative estimate of drug-likeness (QED) is 0.766. The van der Waals surface area contributed by atoms with Crippen molar-refractivity contribution in [3.05, 3.63) is 35.8 Å². The van der Waals surface area contributed by atoms with Crippen molar-refractivity contribution in [2.75, 3.05) is 6.54 Å². The summed E-state index contributed by atoms with van der Waals surface area (Å²) in [7, 11) is 0. The molecule has 0 aliphatic heterocycles. The second kappa shape index (κ2) is 5.98. The number of pyridine rings is 1. The molecular formula is C14H21N3O. The van der Waals surface area contributed by atoms with E-state index in [1.165, 1.54) is 5.56 Å². The van der Waals surface area contributed by atoms with Crippen molar-refractivity contribution in [3.63, 3.8) is 0 Å². The van der Waals surface area contributed by atoms with Gasteiger partial charge in [-0.15, -0.1) is 0 Å². The van der Waals surface area contributed by atoms with Crippen LogP contribution in [0.25, 0.3) is 5.65 Å². The van der Waals surface area contributed by atoms with E-state index in [2.05, 4.69) is 40.0 Å². The van der Waals surface area contributed by atoms with Crippen LogP contribution in [0, 0.1) is 6.92 Å². The lowest BCUT2D eigenvalue weighted by Crippen LogP contribution is -2.20. The molecule has 0 fully saturated rings.